The number of amides is 1. The van der Waals surface area contributed by atoms with E-state index in [2.05, 4.69) is 16.3 Å². The number of carbonyl (C=O) groups excluding carboxylic acids is 1. The van der Waals surface area contributed by atoms with Crippen molar-refractivity contribution in [2.24, 2.45) is 0 Å². The highest BCUT2D eigenvalue weighted by Crippen LogP contribution is 2.04. The molecule has 0 aliphatic rings. The lowest BCUT2D eigenvalue weighted by atomic mass is 10.2. The van der Waals surface area contributed by atoms with E-state index in [9.17, 15) is 4.79 Å². The molecule has 1 aromatic heterocycles. The van der Waals surface area contributed by atoms with Crippen LogP contribution in [0.15, 0.2) is 6.07 Å². The average Bonchev–Trinajstić information content (AvgIpc) is 2.67. The first-order valence-electron chi connectivity index (χ1n) is 5.43. The van der Waals surface area contributed by atoms with E-state index < -0.39 is 0 Å². The van der Waals surface area contributed by atoms with Crippen LogP contribution >= 0.6 is 0 Å². The third-order valence-corrected chi connectivity index (χ3v) is 2.35. The van der Waals surface area contributed by atoms with Crippen LogP contribution in [0, 0.1) is 19.3 Å². The number of nitrogens with one attached hydrogen (secondary N) is 1. The van der Waals surface area contributed by atoms with Crippen molar-refractivity contribution >= 4 is 5.91 Å². The molecule has 4 heteroatoms. The summed E-state index contributed by atoms with van der Waals surface area (Å²) in [5, 5.41) is 7.00. The number of carbonyl (C=O) groups is 1. The summed E-state index contributed by atoms with van der Waals surface area (Å²) in [6, 6.07) is 1.55. The first-order chi connectivity index (χ1) is 7.62. The molecular weight excluding hydrogens is 202 g/mol. The van der Waals surface area contributed by atoms with Crippen LogP contribution in [0.3, 0.4) is 0 Å². The first kappa shape index (κ1) is 12.3. The molecule has 0 aliphatic heterocycles. The third kappa shape index (κ3) is 2.63. The maximum atomic E-state index is 11.9. The van der Waals surface area contributed by atoms with Crippen molar-refractivity contribution < 1.29 is 4.79 Å². The van der Waals surface area contributed by atoms with Gasteiger partial charge >= 0.3 is 0 Å². The van der Waals surface area contributed by atoms with E-state index in [0.29, 0.717) is 12.2 Å². The standard InChI is InChI=1S/C12H17N3O/c1-5-10(6-2)13-12(16)11-8-9(4)14-15(11)7-3/h1,8,10H,6-7H2,2-4H3,(H,13,16). The lowest BCUT2D eigenvalue weighted by Crippen LogP contribution is -2.34. The number of nitrogens with zero attached hydrogens (tertiary/aromatic N) is 2. The zero-order chi connectivity index (χ0) is 12.1. The van der Waals surface area contributed by atoms with Crippen molar-refractivity contribution in [1.29, 1.82) is 0 Å². The summed E-state index contributed by atoms with van der Waals surface area (Å²) in [6.45, 7) is 6.42. The molecule has 86 valence electrons. The van der Waals surface area contributed by atoms with Gasteiger partial charge < -0.3 is 5.32 Å². The van der Waals surface area contributed by atoms with Crippen molar-refractivity contribution in [3.63, 3.8) is 0 Å². The highest BCUT2D eigenvalue weighted by molar-refractivity contribution is 5.93. The Morgan fingerprint density at radius 2 is 2.38 bits per heavy atom. The molecule has 0 spiro atoms. The van der Waals surface area contributed by atoms with Gasteiger partial charge in [0.2, 0.25) is 0 Å². The van der Waals surface area contributed by atoms with Crippen LogP contribution in [-0.4, -0.2) is 21.7 Å². The van der Waals surface area contributed by atoms with Crippen molar-refractivity contribution in [2.75, 3.05) is 0 Å². The van der Waals surface area contributed by atoms with Crippen LogP contribution in [0.1, 0.15) is 36.5 Å². The Bertz CT molecular complexity index is 414. The van der Waals surface area contributed by atoms with Gasteiger partial charge in [-0.3, -0.25) is 9.48 Å². The van der Waals surface area contributed by atoms with Crippen molar-refractivity contribution in [3.8, 4) is 12.3 Å². The molecule has 1 atom stereocenters. The van der Waals surface area contributed by atoms with E-state index in [0.717, 1.165) is 12.1 Å². The average molecular weight is 219 g/mol. The molecule has 1 N–H and O–H groups in total. The minimum atomic E-state index is -0.215. The second-order valence-electron chi connectivity index (χ2n) is 3.59. The SMILES string of the molecule is C#CC(CC)NC(=O)c1cc(C)nn1CC. The molecule has 4 nitrogen and oxygen atoms in total. The first-order valence-corrected chi connectivity index (χ1v) is 5.43. The molecule has 1 unspecified atom stereocenters. The van der Waals surface area contributed by atoms with Gasteiger partial charge in [-0.2, -0.15) is 5.10 Å². The fourth-order valence-corrected chi connectivity index (χ4v) is 1.46. The van der Waals surface area contributed by atoms with Crippen LogP contribution < -0.4 is 5.32 Å². The summed E-state index contributed by atoms with van der Waals surface area (Å²) < 4.78 is 1.67. The summed E-state index contributed by atoms with van der Waals surface area (Å²) in [5.41, 5.74) is 1.40. The summed E-state index contributed by atoms with van der Waals surface area (Å²) in [6.07, 6.45) is 6.02. The van der Waals surface area contributed by atoms with Crippen molar-refractivity contribution in [1.82, 2.24) is 15.1 Å². The maximum Gasteiger partial charge on any atom is 0.270 e. The van der Waals surface area contributed by atoms with Crippen LogP contribution in [0.25, 0.3) is 0 Å². The molecule has 1 amide bonds. The van der Waals surface area contributed by atoms with E-state index in [-0.39, 0.29) is 11.9 Å². The fraction of sp³-hybridized carbons (Fsp3) is 0.500. The third-order valence-electron chi connectivity index (χ3n) is 2.35. The highest BCUT2D eigenvalue weighted by Gasteiger charge is 2.15. The highest BCUT2D eigenvalue weighted by atomic mass is 16.2. The summed E-state index contributed by atoms with van der Waals surface area (Å²) in [7, 11) is 0. The predicted molar refractivity (Wildman–Crippen MR) is 63.0 cm³/mol. The second-order valence-corrected chi connectivity index (χ2v) is 3.59. The monoisotopic (exact) mass is 219 g/mol. The molecule has 0 saturated carbocycles. The molecule has 1 aromatic rings. The summed E-state index contributed by atoms with van der Waals surface area (Å²) in [4.78, 5) is 11.9. The Morgan fingerprint density at radius 1 is 1.69 bits per heavy atom. The quantitative estimate of drug-likeness (QED) is 0.777. The molecule has 0 saturated heterocycles. The van der Waals surface area contributed by atoms with Gasteiger partial charge in [0.25, 0.3) is 5.91 Å². The number of hydrogen-bond acceptors (Lipinski definition) is 2. The van der Waals surface area contributed by atoms with E-state index in [4.69, 9.17) is 6.42 Å². The topological polar surface area (TPSA) is 46.9 Å². The molecule has 0 fully saturated rings. The molecule has 0 bridgehead atoms. The second kappa shape index (κ2) is 5.36. The zero-order valence-electron chi connectivity index (χ0n) is 9.95. The molecule has 1 rings (SSSR count). The van der Waals surface area contributed by atoms with Crippen LogP contribution in [-0.2, 0) is 6.54 Å². The minimum Gasteiger partial charge on any atom is -0.337 e. The number of aryl methyl sites for hydroxylation is 2. The number of terminal acetylenes is 1. The van der Waals surface area contributed by atoms with Crippen LogP contribution in [0.2, 0.25) is 0 Å². The van der Waals surface area contributed by atoms with Gasteiger partial charge in [-0.1, -0.05) is 12.8 Å². The van der Waals surface area contributed by atoms with Crippen molar-refractivity contribution in [2.45, 2.75) is 39.8 Å². The smallest absolute Gasteiger partial charge is 0.270 e. The van der Waals surface area contributed by atoms with Crippen LogP contribution in [0.4, 0.5) is 0 Å². The lowest BCUT2D eigenvalue weighted by Gasteiger charge is -2.11. The number of hydrogen-bond donors (Lipinski definition) is 1. The normalized spacial score (nSPS) is 11.9. The molecule has 0 aromatic carbocycles. The van der Waals surface area contributed by atoms with Crippen molar-refractivity contribution in [3.05, 3.63) is 17.5 Å². The van der Waals surface area contributed by atoms with Gasteiger partial charge in [0.1, 0.15) is 5.69 Å². The number of aromatic nitrogens is 2. The number of rotatable bonds is 4. The summed E-state index contributed by atoms with van der Waals surface area (Å²) in [5.74, 6) is 2.38. The molecule has 0 aliphatic carbocycles. The van der Waals surface area contributed by atoms with Gasteiger partial charge in [0.05, 0.1) is 11.7 Å². The van der Waals surface area contributed by atoms with E-state index in [1.165, 1.54) is 0 Å². The molecular formula is C12H17N3O. The molecule has 16 heavy (non-hydrogen) atoms. The summed E-state index contributed by atoms with van der Waals surface area (Å²) >= 11 is 0. The zero-order valence-corrected chi connectivity index (χ0v) is 9.95. The maximum absolute atomic E-state index is 11.9. The van der Waals surface area contributed by atoms with E-state index in [1.807, 2.05) is 20.8 Å². The molecule has 0 radical (unpaired) electrons. The fourth-order valence-electron chi connectivity index (χ4n) is 1.46. The van der Waals surface area contributed by atoms with Gasteiger partial charge in [0.15, 0.2) is 0 Å². The largest absolute Gasteiger partial charge is 0.337 e. The lowest BCUT2D eigenvalue weighted by molar-refractivity contribution is 0.0934. The van der Waals surface area contributed by atoms with Gasteiger partial charge in [-0.05, 0) is 26.3 Å². The predicted octanol–water partition coefficient (Wildman–Crippen LogP) is 1.35. The minimum absolute atomic E-state index is 0.160. The van der Waals surface area contributed by atoms with Gasteiger partial charge in [-0.25, -0.2) is 0 Å². The van der Waals surface area contributed by atoms with Gasteiger partial charge in [0, 0.05) is 6.54 Å². The Labute approximate surface area is 96.0 Å². The Kier molecular flexibility index (Phi) is 4.12. The van der Waals surface area contributed by atoms with Gasteiger partial charge in [-0.15, -0.1) is 6.42 Å². The molecule has 1 heterocycles. The Morgan fingerprint density at radius 3 is 2.88 bits per heavy atom. The Balaban J connectivity index is 2.84. The van der Waals surface area contributed by atoms with Crippen LogP contribution in [0.5, 0.6) is 0 Å². The van der Waals surface area contributed by atoms with E-state index in [1.54, 1.807) is 10.7 Å². The Hall–Kier alpha value is -1.76. The van der Waals surface area contributed by atoms with E-state index >= 15 is 0 Å².